The molecule has 0 unspecified atom stereocenters. The molecule has 1 aromatic carbocycles. The third-order valence-corrected chi connectivity index (χ3v) is 3.78. The summed E-state index contributed by atoms with van der Waals surface area (Å²) in [7, 11) is 0. The zero-order chi connectivity index (χ0) is 12.5. The highest BCUT2D eigenvalue weighted by atomic mass is 19.1. The number of halogens is 1. The maximum atomic E-state index is 13.2. The van der Waals surface area contributed by atoms with Gasteiger partial charge in [-0.05, 0) is 49.4 Å². The van der Waals surface area contributed by atoms with Gasteiger partial charge in [0, 0.05) is 18.2 Å². The highest BCUT2D eigenvalue weighted by molar-refractivity contribution is 5.96. The summed E-state index contributed by atoms with van der Waals surface area (Å²) < 4.78 is 13.2. The molecule has 1 aliphatic heterocycles. The molecule has 1 aromatic rings. The van der Waals surface area contributed by atoms with Gasteiger partial charge in [0.15, 0.2) is 0 Å². The third kappa shape index (κ3) is 1.94. The SMILES string of the molecule is O=C(C1CC=CC1)N1CCCc2cc(F)ccc21. The number of nitrogens with zero attached hydrogens (tertiary/aromatic N) is 1. The lowest BCUT2D eigenvalue weighted by Gasteiger charge is -2.31. The Morgan fingerprint density at radius 3 is 2.83 bits per heavy atom. The van der Waals surface area contributed by atoms with Crippen molar-refractivity contribution in [1.82, 2.24) is 0 Å². The quantitative estimate of drug-likeness (QED) is 0.696. The minimum atomic E-state index is -0.217. The van der Waals surface area contributed by atoms with Crippen LogP contribution in [0.2, 0.25) is 0 Å². The van der Waals surface area contributed by atoms with Gasteiger partial charge in [-0.15, -0.1) is 0 Å². The van der Waals surface area contributed by atoms with Crippen molar-refractivity contribution < 1.29 is 9.18 Å². The molecule has 94 valence electrons. The first-order valence-electron chi connectivity index (χ1n) is 6.50. The van der Waals surface area contributed by atoms with Crippen LogP contribution in [0.5, 0.6) is 0 Å². The van der Waals surface area contributed by atoms with Crippen molar-refractivity contribution in [2.75, 3.05) is 11.4 Å². The van der Waals surface area contributed by atoms with Gasteiger partial charge >= 0.3 is 0 Å². The molecular formula is C15H16FNO. The van der Waals surface area contributed by atoms with Crippen molar-refractivity contribution in [3.8, 4) is 0 Å². The second-order valence-corrected chi connectivity index (χ2v) is 5.01. The molecule has 0 saturated carbocycles. The number of fused-ring (bicyclic) bond motifs is 1. The maximum absolute atomic E-state index is 13.2. The molecule has 0 radical (unpaired) electrons. The Morgan fingerprint density at radius 2 is 2.06 bits per heavy atom. The molecule has 1 heterocycles. The second-order valence-electron chi connectivity index (χ2n) is 5.01. The predicted molar refractivity (Wildman–Crippen MR) is 68.9 cm³/mol. The van der Waals surface area contributed by atoms with Gasteiger partial charge in [0.1, 0.15) is 5.82 Å². The van der Waals surface area contributed by atoms with Crippen LogP contribution in [0.15, 0.2) is 30.4 Å². The van der Waals surface area contributed by atoms with Crippen molar-refractivity contribution in [3.05, 3.63) is 41.7 Å². The summed E-state index contributed by atoms with van der Waals surface area (Å²) >= 11 is 0. The van der Waals surface area contributed by atoms with Crippen LogP contribution in [-0.4, -0.2) is 12.5 Å². The molecule has 1 amide bonds. The molecule has 3 rings (SSSR count). The lowest BCUT2D eigenvalue weighted by atomic mass is 9.98. The Morgan fingerprint density at radius 1 is 1.28 bits per heavy atom. The standard InChI is InChI=1S/C15H16FNO/c16-13-7-8-14-12(10-13)6-3-9-17(14)15(18)11-4-1-2-5-11/h1-2,7-8,10-11H,3-6,9H2. The number of aryl methyl sites for hydroxylation is 1. The van der Waals surface area contributed by atoms with Crippen molar-refractivity contribution in [2.24, 2.45) is 5.92 Å². The number of anilines is 1. The molecule has 2 nitrogen and oxygen atoms in total. The third-order valence-electron chi connectivity index (χ3n) is 3.78. The van der Waals surface area contributed by atoms with Gasteiger partial charge in [0.05, 0.1) is 0 Å². The van der Waals surface area contributed by atoms with E-state index in [4.69, 9.17) is 0 Å². The lowest BCUT2D eigenvalue weighted by molar-refractivity contribution is -0.122. The first-order valence-corrected chi connectivity index (χ1v) is 6.50. The zero-order valence-corrected chi connectivity index (χ0v) is 10.2. The van der Waals surface area contributed by atoms with Crippen LogP contribution in [0, 0.1) is 11.7 Å². The molecule has 0 fully saturated rings. The summed E-state index contributed by atoms with van der Waals surface area (Å²) in [6.07, 6.45) is 7.59. The predicted octanol–water partition coefficient (Wildman–Crippen LogP) is 3.07. The van der Waals surface area contributed by atoms with Crippen molar-refractivity contribution in [2.45, 2.75) is 25.7 Å². The Hall–Kier alpha value is -1.64. The number of hydrogen-bond donors (Lipinski definition) is 0. The number of benzene rings is 1. The van der Waals surface area contributed by atoms with Gasteiger partial charge in [0.25, 0.3) is 0 Å². The molecular weight excluding hydrogens is 229 g/mol. The van der Waals surface area contributed by atoms with E-state index >= 15 is 0 Å². The van der Waals surface area contributed by atoms with E-state index in [9.17, 15) is 9.18 Å². The minimum Gasteiger partial charge on any atom is -0.312 e. The van der Waals surface area contributed by atoms with E-state index in [2.05, 4.69) is 12.2 Å². The molecule has 3 heteroatoms. The van der Waals surface area contributed by atoms with Crippen LogP contribution < -0.4 is 4.90 Å². The minimum absolute atomic E-state index is 0.0843. The fraction of sp³-hybridized carbons (Fsp3) is 0.400. The number of amides is 1. The van der Waals surface area contributed by atoms with Gasteiger partial charge in [-0.1, -0.05) is 12.2 Å². The van der Waals surface area contributed by atoms with Gasteiger partial charge in [-0.3, -0.25) is 4.79 Å². The number of carbonyl (C=O) groups is 1. The molecule has 0 bridgehead atoms. The molecule has 0 saturated heterocycles. The molecule has 0 spiro atoms. The smallest absolute Gasteiger partial charge is 0.230 e. The van der Waals surface area contributed by atoms with Gasteiger partial charge in [0.2, 0.25) is 5.91 Å². The highest BCUT2D eigenvalue weighted by Crippen LogP contribution is 2.31. The van der Waals surface area contributed by atoms with E-state index < -0.39 is 0 Å². The Kier molecular flexibility index (Phi) is 2.90. The van der Waals surface area contributed by atoms with Gasteiger partial charge in [-0.2, -0.15) is 0 Å². The molecule has 1 aliphatic carbocycles. The van der Waals surface area contributed by atoms with E-state index in [1.54, 1.807) is 12.1 Å². The fourth-order valence-electron chi connectivity index (χ4n) is 2.83. The first-order chi connectivity index (χ1) is 8.75. The lowest BCUT2D eigenvalue weighted by Crippen LogP contribution is -2.39. The molecule has 0 atom stereocenters. The summed E-state index contributed by atoms with van der Waals surface area (Å²) in [5.74, 6) is 0.0548. The average Bonchev–Trinajstić information content (AvgIpc) is 2.90. The van der Waals surface area contributed by atoms with Crippen LogP contribution in [0.4, 0.5) is 10.1 Å². The van der Waals surface area contributed by atoms with Crippen molar-refractivity contribution in [1.29, 1.82) is 0 Å². The van der Waals surface area contributed by atoms with Crippen LogP contribution in [0.25, 0.3) is 0 Å². The van der Waals surface area contributed by atoms with E-state index in [0.29, 0.717) is 0 Å². The van der Waals surface area contributed by atoms with E-state index in [-0.39, 0.29) is 17.6 Å². The topological polar surface area (TPSA) is 20.3 Å². The van der Waals surface area contributed by atoms with Crippen LogP contribution >= 0.6 is 0 Å². The van der Waals surface area contributed by atoms with Crippen molar-refractivity contribution >= 4 is 11.6 Å². The number of carbonyl (C=O) groups excluding carboxylic acids is 1. The number of allylic oxidation sites excluding steroid dienone is 2. The highest BCUT2D eigenvalue weighted by Gasteiger charge is 2.28. The summed E-state index contributed by atoms with van der Waals surface area (Å²) in [5.41, 5.74) is 1.86. The first kappa shape index (κ1) is 11.5. The normalized spacial score (nSPS) is 19.1. The Labute approximate surface area is 106 Å². The molecule has 2 aliphatic rings. The van der Waals surface area contributed by atoms with E-state index in [1.165, 1.54) is 6.07 Å². The largest absolute Gasteiger partial charge is 0.312 e. The van der Waals surface area contributed by atoms with Crippen LogP contribution in [-0.2, 0) is 11.2 Å². The fourth-order valence-corrected chi connectivity index (χ4v) is 2.83. The van der Waals surface area contributed by atoms with Crippen LogP contribution in [0.1, 0.15) is 24.8 Å². The number of hydrogen-bond acceptors (Lipinski definition) is 1. The molecule has 0 N–H and O–H groups in total. The Balaban J connectivity index is 1.88. The summed E-state index contributed by atoms with van der Waals surface area (Å²) in [4.78, 5) is 14.3. The zero-order valence-electron chi connectivity index (χ0n) is 10.2. The van der Waals surface area contributed by atoms with Gasteiger partial charge in [-0.25, -0.2) is 4.39 Å². The summed E-state index contributed by atoms with van der Waals surface area (Å²) in [5, 5.41) is 0. The van der Waals surface area contributed by atoms with Crippen LogP contribution in [0.3, 0.4) is 0 Å². The monoisotopic (exact) mass is 245 g/mol. The number of rotatable bonds is 1. The average molecular weight is 245 g/mol. The summed E-state index contributed by atoms with van der Waals surface area (Å²) in [6.45, 7) is 0.758. The summed E-state index contributed by atoms with van der Waals surface area (Å²) in [6, 6.07) is 4.74. The Bertz CT molecular complexity index is 501. The van der Waals surface area contributed by atoms with Crippen molar-refractivity contribution in [3.63, 3.8) is 0 Å². The molecule has 18 heavy (non-hydrogen) atoms. The van der Waals surface area contributed by atoms with Gasteiger partial charge < -0.3 is 4.90 Å². The second kappa shape index (κ2) is 4.56. The van der Waals surface area contributed by atoms with E-state index in [0.717, 1.165) is 43.5 Å². The molecule has 0 aromatic heterocycles. The maximum Gasteiger partial charge on any atom is 0.230 e. The van der Waals surface area contributed by atoms with E-state index in [1.807, 2.05) is 4.90 Å².